The predicted octanol–water partition coefficient (Wildman–Crippen LogP) is 3.88. The maximum absolute atomic E-state index is 12.9. The normalized spacial score (nSPS) is 17.2. The summed E-state index contributed by atoms with van der Waals surface area (Å²) in [6, 6.07) is 5.51. The van der Waals surface area contributed by atoms with Crippen molar-refractivity contribution in [2.45, 2.75) is 38.8 Å². The molecule has 0 atom stereocenters. The Bertz CT molecular complexity index is 1170. The highest BCUT2D eigenvalue weighted by Crippen LogP contribution is 2.21. The summed E-state index contributed by atoms with van der Waals surface area (Å²) in [5.41, 5.74) is 4.59. The largest absolute Gasteiger partial charge is 0.464 e. The molecule has 1 aromatic carbocycles. The number of fused-ring (bicyclic) bond motifs is 2. The first-order valence-electron chi connectivity index (χ1n) is 9.98. The second kappa shape index (κ2) is 7.80. The lowest BCUT2D eigenvalue weighted by Gasteiger charge is -2.28. The van der Waals surface area contributed by atoms with Crippen LogP contribution < -0.4 is 5.43 Å². The molecular weight excluding hydrogens is 432 g/mol. The SMILES string of the molecule is O=c1c(CN2CCc3nc(C4=NCCCC4)ncc3C2)coc2ccc(Br)cc12. The van der Waals surface area contributed by atoms with Crippen LogP contribution in [0.4, 0.5) is 0 Å². The zero-order valence-corrected chi connectivity index (χ0v) is 17.6. The molecule has 0 radical (unpaired) electrons. The van der Waals surface area contributed by atoms with Gasteiger partial charge in [0.2, 0.25) is 0 Å². The lowest BCUT2D eigenvalue weighted by Crippen LogP contribution is -2.33. The minimum atomic E-state index is 0.0280. The van der Waals surface area contributed by atoms with Gasteiger partial charge in [0.05, 0.1) is 23.1 Å². The average Bonchev–Trinajstić information content (AvgIpc) is 2.76. The lowest BCUT2D eigenvalue weighted by atomic mass is 10.0. The van der Waals surface area contributed by atoms with Gasteiger partial charge in [-0.3, -0.25) is 14.7 Å². The summed E-state index contributed by atoms with van der Waals surface area (Å²) in [5.74, 6) is 0.789. The molecule has 148 valence electrons. The average molecular weight is 453 g/mol. The van der Waals surface area contributed by atoms with Crippen LogP contribution in [0.5, 0.6) is 0 Å². The molecule has 0 saturated heterocycles. The molecule has 7 heteroatoms. The smallest absolute Gasteiger partial charge is 0.197 e. The van der Waals surface area contributed by atoms with E-state index in [9.17, 15) is 4.79 Å². The van der Waals surface area contributed by atoms with Crippen LogP contribution in [-0.2, 0) is 19.5 Å². The van der Waals surface area contributed by atoms with Gasteiger partial charge >= 0.3 is 0 Å². The Labute approximate surface area is 176 Å². The highest BCUT2D eigenvalue weighted by atomic mass is 79.9. The molecule has 0 N–H and O–H groups in total. The van der Waals surface area contributed by atoms with Crippen LogP contribution in [-0.4, -0.2) is 33.7 Å². The van der Waals surface area contributed by atoms with Gasteiger partial charge in [-0.2, -0.15) is 0 Å². The summed E-state index contributed by atoms with van der Waals surface area (Å²) >= 11 is 3.43. The van der Waals surface area contributed by atoms with E-state index in [-0.39, 0.29) is 5.43 Å². The fourth-order valence-electron chi connectivity index (χ4n) is 4.02. The number of aromatic nitrogens is 2. The number of halogens is 1. The fourth-order valence-corrected chi connectivity index (χ4v) is 4.38. The minimum absolute atomic E-state index is 0.0280. The zero-order chi connectivity index (χ0) is 19.8. The van der Waals surface area contributed by atoms with Gasteiger partial charge < -0.3 is 4.42 Å². The molecule has 4 heterocycles. The Hall–Kier alpha value is -2.38. The number of aliphatic imine (C=N–C) groups is 1. The summed E-state index contributed by atoms with van der Waals surface area (Å²) < 4.78 is 6.56. The molecule has 5 rings (SSSR count). The highest BCUT2D eigenvalue weighted by molar-refractivity contribution is 9.10. The molecule has 0 saturated carbocycles. The molecule has 3 aromatic rings. The third-order valence-electron chi connectivity index (χ3n) is 5.60. The van der Waals surface area contributed by atoms with Crippen molar-refractivity contribution < 1.29 is 4.42 Å². The highest BCUT2D eigenvalue weighted by Gasteiger charge is 2.21. The van der Waals surface area contributed by atoms with E-state index in [4.69, 9.17) is 9.40 Å². The lowest BCUT2D eigenvalue weighted by molar-refractivity contribution is 0.240. The van der Waals surface area contributed by atoms with E-state index < -0.39 is 0 Å². The second-order valence-electron chi connectivity index (χ2n) is 7.64. The third kappa shape index (κ3) is 3.76. The quantitative estimate of drug-likeness (QED) is 0.602. The van der Waals surface area contributed by atoms with E-state index in [0.29, 0.717) is 23.1 Å². The number of benzene rings is 1. The monoisotopic (exact) mass is 452 g/mol. The van der Waals surface area contributed by atoms with E-state index in [1.807, 2.05) is 24.4 Å². The van der Waals surface area contributed by atoms with Gasteiger partial charge in [0.15, 0.2) is 11.3 Å². The van der Waals surface area contributed by atoms with Crippen LogP contribution in [0.15, 0.2) is 49.3 Å². The van der Waals surface area contributed by atoms with Crippen LogP contribution in [0.25, 0.3) is 11.0 Å². The number of rotatable bonds is 3. The van der Waals surface area contributed by atoms with Crippen molar-refractivity contribution in [2.75, 3.05) is 13.1 Å². The number of hydrogen-bond acceptors (Lipinski definition) is 6. The van der Waals surface area contributed by atoms with Crippen molar-refractivity contribution in [3.8, 4) is 0 Å². The van der Waals surface area contributed by atoms with Crippen molar-refractivity contribution in [2.24, 2.45) is 4.99 Å². The van der Waals surface area contributed by atoms with Crippen LogP contribution in [0.2, 0.25) is 0 Å². The van der Waals surface area contributed by atoms with Crippen molar-refractivity contribution in [1.29, 1.82) is 0 Å². The maximum Gasteiger partial charge on any atom is 0.197 e. The maximum atomic E-state index is 12.9. The predicted molar refractivity (Wildman–Crippen MR) is 115 cm³/mol. The standard InChI is InChI=1S/C22H21BrN4O2/c23-16-4-5-20-17(9-16)21(28)15(13-29-20)12-27-8-6-18-14(11-27)10-25-22(26-18)19-3-1-2-7-24-19/h4-5,9-10,13H,1-3,6-8,11-12H2. The molecule has 0 fully saturated rings. The number of nitrogens with zero attached hydrogens (tertiary/aromatic N) is 4. The van der Waals surface area contributed by atoms with Gasteiger partial charge in [-0.15, -0.1) is 0 Å². The fraction of sp³-hybridized carbons (Fsp3) is 0.364. The molecule has 2 aromatic heterocycles. The minimum Gasteiger partial charge on any atom is -0.464 e. The van der Waals surface area contributed by atoms with Crippen molar-refractivity contribution in [1.82, 2.24) is 14.9 Å². The first kappa shape index (κ1) is 18.6. The summed E-state index contributed by atoms with van der Waals surface area (Å²) in [6.07, 6.45) is 7.66. The molecule has 0 aliphatic carbocycles. The van der Waals surface area contributed by atoms with E-state index in [2.05, 4.69) is 30.8 Å². The zero-order valence-electron chi connectivity index (χ0n) is 16.0. The summed E-state index contributed by atoms with van der Waals surface area (Å²) in [5, 5.41) is 0.607. The molecule has 0 amide bonds. The molecule has 2 aliphatic rings. The summed E-state index contributed by atoms with van der Waals surface area (Å²) in [6.45, 7) is 3.02. The molecule has 2 aliphatic heterocycles. The van der Waals surface area contributed by atoms with Gasteiger partial charge in [-0.25, -0.2) is 9.97 Å². The Kier molecular flexibility index (Phi) is 5.01. The Morgan fingerprint density at radius 3 is 3.00 bits per heavy atom. The molecule has 0 unspecified atom stereocenters. The first-order chi connectivity index (χ1) is 14.2. The third-order valence-corrected chi connectivity index (χ3v) is 6.09. The topological polar surface area (TPSA) is 71.6 Å². The van der Waals surface area contributed by atoms with Gasteiger partial charge in [-0.1, -0.05) is 15.9 Å². The molecule has 29 heavy (non-hydrogen) atoms. The van der Waals surface area contributed by atoms with E-state index >= 15 is 0 Å². The molecule has 0 bridgehead atoms. The first-order valence-corrected chi connectivity index (χ1v) is 10.8. The van der Waals surface area contributed by atoms with Gasteiger partial charge in [0.25, 0.3) is 0 Å². The van der Waals surface area contributed by atoms with Crippen molar-refractivity contribution >= 4 is 32.6 Å². The van der Waals surface area contributed by atoms with Crippen LogP contribution in [0.1, 0.15) is 41.9 Å². The number of hydrogen-bond donors (Lipinski definition) is 0. The molecular formula is C22H21BrN4O2. The van der Waals surface area contributed by atoms with E-state index in [1.165, 1.54) is 0 Å². The van der Waals surface area contributed by atoms with Crippen molar-refractivity contribution in [3.05, 3.63) is 68.0 Å². The van der Waals surface area contributed by atoms with E-state index in [1.54, 1.807) is 6.26 Å². The Balaban J connectivity index is 1.36. The van der Waals surface area contributed by atoms with Crippen LogP contribution in [0.3, 0.4) is 0 Å². The van der Waals surface area contributed by atoms with Crippen LogP contribution in [0, 0.1) is 0 Å². The summed E-state index contributed by atoms with van der Waals surface area (Å²) in [4.78, 5) is 29.1. The Morgan fingerprint density at radius 1 is 1.21 bits per heavy atom. The Morgan fingerprint density at radius 2 is 2.14 bits per heavy atom. The second-order valence-corrected chi connectivity index (χ2v) is 8.56. The molecule has 6 nitrogen and oxygen atoms in total. The van der Waals surface area contributed by atoms with Gasteiger partial charge in [-0.05, 0) is 37.5 Å². The van der Waals surface area contributed by atoms with Crippen molar-refractivity contribution in [3.63, 3.8) is 0 Å². The van der Waals surface area contributed by atoms with Crippen LogP contribution >= 0.6 is 15.9 Å². The summed E-state index contributed by atoms with van der Waals surface area (Å²) in [7, 11) is 0. The van der Waals surface area contributed by atoms with Gasteiger partial charge in [0, 0.05) is 54.4 Å². The van der Waals surface area contributed by atoms with Gasteiger partial charge in [0.1, 0.15) is 5.58 Å². The van der Waals surface area contributed by atoms with E-state index in [0.717, 1.165) is 72.6 Å². The molecule has 0 spiro atoms.